The molecule has 25 heavy (non-hydrogen) atoms. The molecule has 0 radical (unpaired) electrons. The molecule has 2 N–H and O–H groups in total. The maximum atomic E-state index is 11.5. The van der Waals surface area contributed by atoms with E-state index in [2.05, 4.69) is 26.1 Å². The second kappa shape index (κ2) is 8.12. The zero-order valence-corrected chi connectivity index (χ0v) is 15.1. The van der Waals surface area contributed by atoms with Gasteiger partial charge in [-0.1, -0.05) is 30.3 Å². The van der Waals surface area contributed by atoms with Crippen molar-refractivity contribution in [2.45, 2.75) is 25.3 Å². The predicted octanol–water partition coefficient (Wildman–Crippen LogP) is 3.29. The molecule has 0 fully saturated rings. The number of hydrogen-bond acceptors (Lipinski definition) is 3. The second-order valence-electron chi connectivity index (χ2n) is 7.36. The Kier molecular flexibility index (Phi) is 6.15. The van der Waals surface area contributed by atoms with Gasteiger partial charge in [-0.3, -0.25) is 4.99 Å². The van der Waals surface area contributed by atoms with E-state index in [1.54, 1.807) is 6.07 Å². The number of aromatic hydroxyl groups is 1. The SMILES string of the molecule is C[N+](C)(C)CCCCC(N=Cc1c(O)ccc2ccccc12)C(=O)O. The molecular weight excluding hydrogens is 316 g/mol. The van der Waals surface area contributed by atoms with Crippen molar-refractivity contribution in [1.29, 1.82) is 0 Å². The zero-order chi connectivity index (χ0) is 18.4. The number of aliphatic imine (C=N–C) groups is 1. The van der Waals surface area contributed by atoms with Gasteiger partial charge >= 0.3 is 5.97 Å². The van der Waals surface area contributed by atoms with E-state index in [0.717, 1.165) is 34.6 Å². The number of quaternary nitrogens is 1. The van der Waals surface area contributed by atoms with Crippen LogP contribution in [-0.4, -0.2) is 60.6 Å². The standard InChI is InChI=1S/C20H26N2O3/c1-22(2,3)13-7-6-10-18(20(24)25)21-14-17-16-9-5-4-8-15(16)11-12-19(17)23/h4-5,8-9,11-12,14,18H,6-7,10,13H2,1-3H3,(H-,21,23,24,25)/p+1. The van der Waals surface area contributed by atoms with Gasteiger partial charge in [-0.2, -0.15) is 0 Å². The average molecular weight is 343 g/mol. The Bertz CT molecular complexity index is 763. The van der Waals surface area contributed by atoms with E-state index in [1.807, 2.05) is 30.3 Å². The summed E-state index contributed by atoms with van der Waals surface area (Å²) in [5.74, 6) is -0.821. The lowest BCUT2D eigenvalue weighted by molar-refractivity contribution is -0.870. The molecule has 1 atom stereocenters. The van der Waals surface area contributed by atoms with Crippen LogP contribution >= 0.6 is 0 Å². The van der Waals surface area contributed by atoms with Crippen LogP contribution < -0.4 is 0 Å². The van der Waals surface area contributed by atoms with Crippen molar-refractivity contribution in [3.8, 4) is 5.75 Å². The van der Waals surface area contributed by atoms with Crippen LogP contribution in [0.25, 0.3) is 10.8 Å². The van der Waals surface area contributed by atoms with Crippen molar-refractivity contribution >= 4 is 23.0 Å². The fourth-order valence-electron chi connectivity index (χ4n) is 2.77. The molecule has 0 aliphatic heterocycles. The summed E-state index contributed by atoms with van der Waals surface area (Å²) in [4.78, 5) is 15.7. The molecule has 2 aromatic rings. The molecule has 134 valence electrons. The Balaban J connectivity index is 2.12. The fourth-order valence-corrected chi connectivity index (χ4v) is 2.77. The highest BCUT2D eigenvalue weighted by Gasteiger charge is 2.16. The molecule has 0 aliphatic carbocycles. The lowest BCUT2D eigenvalue weighted by atomic mass is 10.0. The highest BCUT2D eigenvalue weighted by atomic mass is 16.4. The molecule has 2 rings (SSSR count). The van der Waals surface area contributed by atoms with E-state index >= 15 is 0 Å². The Hall–Kier alpha value is -2.40. The maximum absolute atomic E-state index is 11.5. The molecule has 0 saturated carbocycles. The molecule has 0 amide bonds. The number of nitrogens with zero attached hydrogens (tertiary/aromatic N) is 2. The number of phenols is 1. The highest BCUT2D eigenvalue weighted by Crippen LogP contribution is 2.25. The van der Waals surface area contributed by atoms with Crippen molar-refractivity contribution in [2.75, 3.05) is 27.7 Å². The first-order valence-corrected chi connectivity index (χ1v) is 8.55. The lowest BCUT2D eigenvalue weighted by Gasteiger charge is -2.23. The Morgan fingerprint density at radius 1 is 1.16 bits per heavy atom. The number of unbranched alkanes of at least 4 members (excludes halogenated alkanes) is 1. The monoisotopic (exact) mass is 343 g/mol. The molecule has 2 aromatic carbocycles. The first-order chi connectivity index (χ1) is 11.8. The quantitative estimate of drug-likeness (QED) is 0.439. The van der Waals surface area contributed by atoms with Crippen molar-refractivity contribution in [1.82, 2.24) is 0 Å². The van der Waals surface area contributed by atoms with Crippen LogP contribution in [0.5, 0.6) is 5.75 Å². The lowest BCUT2D eigenvalue weighted by Crippen LogP contribution is -2.35. The van der Waals surface area contributed by atoms with Crippen LogP contribution in [0.4, 0.5) is 0 Å². The van der Waals surface area contributed by atoms with E-state index < -0.39 is 12.0 Å². The third-order valence-corrected chi connectivity index (χ3v) is 4.17. The number of hydrogen-bond donors (Lipinski definition) is 2. The molecule has 1 unspecified atom stereocenters. The Morgan fingerprint density at radius 2 is 1.88 bits per heavy atom. The summed E-state index contributed by atoms with van der Waals surface area (Å²) in [5, 5.41) is 21.4. The average Bonchev–Trinajstić information content (AvgIpc) is 2.54. The van der Waals surface area contributed by atoms with Gasteiger partial charge in [0.25, 0.3) is 0 Å². The summed E-state index contributed by atoms with van der Waals surface area (Å²) in [6, 6.07) is 10.3. The summed E-state index contributed by atoms with van der Waals surface area (Å²) in [5.41, 5.74) is 0.565. The molecule has 0 aromatic heterocycles. The first-order valence-electron chi connectivity index (χ1n) is 8.55. The number of carboxylic acids is 1. The largest absolute Gasteiger partial charge is 0.507 e. The summed E-state index contributed by atoms with van der Waals surface area (Å²) in [6.45, 7) is 1.00. The van der Waals surface area contributed by atoms with Gasteiger partial charge in [0.05, 0.1) is 27.7 Å². The molecule has 0 bridgehead atoms. The Morgan fingerprint density at radius 3 is 2.56 bits per heavy atom. The second-order valence-corrected chi connectivity index (χ2v) is 7.36. The highest BCUT2D eigenvalue weighted by molar-refractivity contribution is 6.02. The van der Waals surface area contributed by atoms with Gasteiger partial charge in [0.1, 0.15) is 11.8 Å². The van der Waals surface area contributed by atoms with Gasteiger partial charge in [0, 0.05) is 11.8 Å². The van der Waals surface area contributed by atoms with Gasteiger partial charge in [-0.15, -0.1) is 0 Å². The molecule has 0 spiro atoms. The third kappa shape index (κ3) is 5.57. The van der Waals surface area contributed by atoms with Crippen molar-refractivity contribution in [3.05, 3.63) is 42.0 Å². The van der Waals surface area contributed by atoms with Crippen LogP contribution in [0.15, 0.2) is 41.4 Å². The van der Waals surface area contributed by atoms with Gasteiger partial charge < -0.3 is 14.7 Å². The van der Waals surface area contributed by atoms with E-state index in [4.69, 9.17) is 0 Å². The molecule has 5 heteroatoms. The Labute approximate surface area is 148 Å². The van der Waals surface area contributed by atoms with Gasteiger partial charge in [0.2, 0.25) is 0 Å². The predicted molar refractivity (Wildman–Crippen MR) is 101 cm³/mol. The minimum absolute atomic E-state index is 0.108. The van der Waals surface area contributed by atoms with E-state index in [1.165, 1.54) is 6.21 Å². The topological polar surface area (TPSA) is 69.9 Å². The van der Waals surface area contributed by atoms with Crippen molar-refractivity contribution < 1.29 is 19.5 Å². The van der Waals surface area contributed by atoms with E-state index in [-0.39, 0.29) is 5.75 Å². The molecule has 5 nitrogen and oxygen atoms in total. The van der Waals surface area contributed by atoms with E-state index in [9.17, 15) is 15.0 Å². The summed E-state index contributed by atoms with van der Waals surface area (Å²) in [7, 11) is 6.36. The van der Waals surface area contributed by atoms with Crippen LogP contribution in [0.1, 0.15) is 24.8 Å². The molecule has 0 saturated heterocycles. The van der Waals surface area contributed by atoms with Crippen molar-refractivity contribution in [2.24, 2.45) is 4.99 Å². The molecule has 0 aliphatic rings. The van der Waals surface area contributed by atoms with Gasteiger partial charge in [0.15, 0.2) is 0 Å². The summed E-state index contributed by atoms with van der Waals surface area (Å²) in [6.07, 6.45) is 3.77. The zero-order valence-electron chi connectivity index (χ0n) is 15.1. The van der Waals surface area contributed by atoms with E-state index in [0.29, 0.717) is 12.0 Å². The number of carbonyl (C=O) groups is 1. The van der Waals surface area contributed by atoms with Gasteiger partial charge in [-0.05, 0) is 36.1 Å². The van der Waals surface area contributed by atoms with Gasteiger partial charge in [-0.25, -0.2) is 4.79 Å². The minimum atomic E-state index is -0.929. The number of carboxylic acid groups (broad SMARTS) is 1. The number of aliphatic carboxylic acids is 1. The van der Waals surface area contributed by atoms with Crippen LogP contribution in [0.2, 0.25) is 0 Å². The third-order valence-electron chi connectivity index (χ3n) is 4.17. The van der Waals surface area contributed by atoms with Crippen LogP contribution in [-0.2, 0) is 4.79 Å². The number of rotatable bonds is 8. The first kappa shape index (κ1) is 18.9. The minimum Gasteiger partial charge on any atom is -0.507 e. The normalized spacial score (nSPS) is 13.4. The summed E-state index contributed by atoms with van der Waals surface area (Å²) >= 11 is 0. The van der Waals surface area contributed by atoms with Crippen LogP contribution in [0, 0.1) is 0 Å². The summed E-state index contributed by atoms with van der Waals surface area (Å²) < 4.78 is 0.866. The molecule has 0 heterocycles. The number of fused-ring (bicyclic) bond motifs is 1. The maximum Gasteiger partial charge on any atom is 0.328 e. The smallest absolute Gasteiger partial charge is 0.328 e. The fraction of sp³-hybridized carbons (Fsp3) is 0.400. The molecular formula is C20H27N2O3+. The number of benzene rings is 2. The van der Waals surface area contributed by atoms with Crippen LogP contribution in [0.3, 0.4) is 0 Å². The number of phenolic OH excluding ortho intramolecular Hbond substituents is 1. The van der Waals surface area contributed by atoms with Crippen molar-refractivity contribution in [3.63, 3.8) is 0 Å².